The number of rotatable bonds is 5. The SMILES string of the molecule is Cl.NCCOCCN1CCCC(C(F)(F)F)C1. The molecule has 1 fully saturated rings. The fourth-order valence-electron chi connectivity index (χ4n) is 1.90. The number of piperidine rings is 1. The first-order valence-corrected chi connectivity index (χ1v) is 5.61. The van der Waals surface area contributed by atoms with Crippen LogP contribution in [0, 0.1) is 5.92 Å². The Morgan fingerprint density at radius 1 is 1.29 bits per heavy atom. The summed E-state index contributed by atoms with van der Waals surface area (Å²) in [6, 6.07) is 0. The topological polar surface area (TPSA) is 38.5 Å². The minimum absolute atomic E-state index is 0. The summed E-state index contributed by atoms with van der Waals surface area (Å²) < 4.78 is 42.6. The molecule has 3 nitrogen and oxygen atoms in total. The van der Waals surface area contributed by atoms with E-state index in [1.165, 1.54) is 0 Å². The summed E-state index contributed by atoms with van der Waals surface area (Å²) in [5, 5.41) is 0. The van der Waals surface area contributed by atoms with Gasteiger partial charge in [0.2, 0.25) is 0 Å². The molecule has 0 amide bonds. The molecule has 7 heteroatoms. The third-order valence-corrected chi connectivity index (χ3v) is 2.78. The van der Waals surface area contributed by atoms with Crippen LogP contribution < -0.4 is 5.73 Å². The van der Waals surface area contributed by atoms with Crippen LogP contribution in [0.4, 0.5) is 13.2 Å². The lowest BCUT2D eigenvalue weighted by Crippen LogP contribution is -2.43. The molecule has 1 unspecified atom stereocenters. The molecule has 1 aliphatic rings. The summed E-state index contributed by atoms with van der Waals surface area (Å²) in [4.78, 5) is 1.82. The van der Waals surface area contributed by atoms with Crippen LogP contribution in [0.2, 0.25) is 0 Å². The first-order valence-electron chi connectivity index (χ1n) is 5.61. The number of ether oxygens (including phenoxy) is 1. The lowest BCUT2D eigenvalue weighted by Gasteiger charge is -2.33. The Kier molecular flexibility index (Phi) is 8.11. The number of alkyl halides is 3. The van der Waals surface area contributed by atoms with Crippen molar-refractivity contribution < 1.29 is 17.9 Å². The van der Waals surface area contributed by atoms with Crippen molar-refractivity contribution in [1.29, 1.82) is 0 Å². The van der Waals surface area contributed by atoms with E-state index < -0.39 is 12.1 Å². The second-order valence-corrected chi connectivity index (χ2v) is 4.08. The van der Waals surface area contributed by atoms with Gasteiger partial charge in [-0.05, 0) is 19.4 Å². The van der Waals surface area contributed by atoms with Gasteiger partial charge in [-0.1, -0.05) is 0 Å². The van der Waals surface area contributed by atoms with Crippen LogP contribution in [-0.2, 0) is 4.74 Å². The van der Waals surface area contributed by atoms with Gasteiger partial charge in [0.1, 0.15) is 0 Å². The number of likely N-dealkylation sites (tertiary alicyclic amines) is 1. The fourth-order valence-corrected chi connectivity index (χ4v) is 1.90. The van der Waals surface area contributed by atoms with E-state index in [-0.39, 0.29) is 25.4 Å². The second-order valence-electron chi connectivity index (χ2n) is 4.08. The van der Waals surface area contributed by atoms with Crippen molar-refractivity contribution in [2.45, 2.75) is 19.0 Å². The van der Waals surface area contributed by atoms with Gasteiger partial charge in [-0.2, -0.15) is 13.2 Å². The highest BCUT2D eigenvalue weighted by Gasteiger charge is 2.41. The maximum absolute atomic E-state index is 12.5. The Bertz CT molecular complexity index is 204. The van der Waals surface area contributed by atoms with E-state index in [9.17, 15) is 13.2 Å². The van der Waals surface area contributed by atoms with E-state index in [0.717, 1.165) is 6.54 Å². The molecule has 0 radical (unpaired) electrons. The van der Waals surface area contributed by atoms with Gasteiger partial charge in [0.25, 0.3) is 0 Å². The van der Waals surface area contributed by atoms with Crippen LogP contribution in [0.5, 0.6) is 0 Å². The summed E-state index contributed by atoms with van der Waals surface area (Å²) in [7, 11) is 0. The molecule has 1 rings (SSSR count). The molecule has 0 aliphatic carbocycles. The number of hydrogen-bond acceptors (Lipinski definition) is 3. The zero-order valence-electron chi connectivity index (χ0n) is 9.71. The molecule has 104 valence electrons. The van der Waals surface area contributed by atoms with Crippen LogP contribution in [0.25, 0.3) is 0 Å². The van der Waals surface area contributed by atoms with Crippen molar-refractivity contribution in [2.24, 2.45) is 11.7 Å². The highest BCUT2D eigenvalue weighted by Crippen LogP contribution is 2.32. The average Bonchev–Trinajstić information content (AvgIpc) is 2.24. The Hall–Kier alpha value is -0.0400. The molecular weight excluding hydrogens is 257 g/mol. The van der Waals surface area contributed by atoms with Gasteiger partial charge < -0.3 is 15.4 Å². The van der Waals surface area contributed by atoms with E-state index in [2.05, 4.69) is 0 Å². The molecule has 0 spiro atoms. The van der Waals surface area contributed by atoms with Gasteiger partial charge in [-0.25, -0.2) is 0 Å². The second kappa shape index (κ2) is 8.13. The van der Waals surface area contributed by atoms with Crippen molar-refractivity contribution in [1.82, 2.24) is 4.90 Å². The minimum atomic E-state index is -4.06. The molecule has 1 heterocycles. The molecule has 0 aromatic carbocycles. The van der Waals surface area contributed by atoms with Crippen molar-refractivity contribution >= 4 is 12.4 Å². The maximum Gasteiger partial charge on any atom is 0.393 e. The molecule has 1 saturated heterocycles. The van der Waals surface area contributed by atoms with Crippen molar-refractivity contribution in [3.8, 4) is 0 Å². The molecule has 1 aliphatic heterocycles. The number of halogens is 4. The van der Waals surface area contributed by atoms with Crippen LogP contribution in [0.3, 0.4) is 0 Å². The third-order valence-electron chi connectivity index (χ3n) is 2.78. The monoisotopic (exact) mass is 276 g/mol. The Labute approximate surface area is 106 Å². The quantitative estimate of drug-likeness (QED) is 0.776. The molecule has 2 N–H and O–H groups in total. The van der Waals surface area contributed by atoms with Crippen molar-refractivity contribution in [2.75, 3.05) is 39.4 Å². The predicted octanol–water partition coefficient (Wildman–Crippen LogP) is 1.66. The largest absolute Gasteiger partial charge is 0.393 e. The molecule has 0 aromatic rings. The maximum atomic E-state index is 12.5. The molecule has 1 atom stereocenters. The molecule has 0 bridgehead atoms. The predicted molar refractivity (Wildman–Crippen MR) is 62.3 cm³/mol. The molecule has 0 aromatic heterocycles. The van der Waals surface area contributed by atoms with Gasteiger partial charge in [0.15, 0.2) is 0 Å². The zero-order valence-corrected chi connectivity index (χ0v) is 10.5. The number of hydrogen-bond donors (Lipinski definition) is 1. The van der Waals surface area contributed by atoms with Gasteiger partial charge in [0.05, 0.1) is 19.1 Å². The van der Waals surface area contributed by atoms with Crippen molar-refractivity contribution in [3.63, 3.8) is 0 Å². The highest BCUT2D eigenvalue weighted by molar-refractivity contribution is 5.85. The first-order chi connectivity index (χ1) is 7.54. The molecular formula is C10H20ClF3N2O. The Morgan fingerprint density at radius 3 is 2.59 bits per heavy atom. The van der Waals surface area contributed by atoms with Crippen LogP contribution in [0.1, 0.15) is 12.8 Å². The van der Waals surface area contributed by atoms with E-state index >= 15 is 0 Å². The summed E-state index contributed by atoms with van der Waals surface area (Å²) in [6.45, 7) is 2.78. The zero-order chi connectivity index (χ0) is 12.0. The lowest BCUT2D eigenvalue weighted by atomic mass is 9.98. The molecule has 17 heavy (non-hydrogen) atoms. The highest BCUT2D eigenvalue weighted by atomic mass is 35.5. The van der Waals surface area contributed by atoms with Crippen LogP contribution in [0.15, 0.2) is 0 Å². The van der Waals surface area contributed by atoms with Gasteiger partial charge in [-0.15, -0.1) is 12.4 Å². The van der Waals surface area contributed by atoms with E-state index in [4.69, 9.17) is 10.5 Å². The Balaban J connectivity index is 0.00000256. The number of nitrogens with two attached hydrogens (primary N) is 1. The summed E-state index contributed by atoms with van der Waals surface area (Å²) in [6.07, 6.45) is -3.19. The standard InChI is InChI=1S/C10H19F3N2O.ClH/c11-10(12,13)9-2-1-4-15(8-9)5-7-16-6-3-14;/h9H,1-8,14H2;1H. The van der Waals surface area contributed by atoms with Crippen molar-refractivity contribution in [3.05, 3.63) is 0 Å². The van der Waals surface area contributed by atoms with Crippen LogP contribution in [-0.4, -0.2) is 50.5 Å². The van der Waals surface area contributed by atoms with E-state index in [0.29, 0.717) is 32.7 Å². The number of nitrogens with zero attached hydrogens (tertiary/aromatic N) is 1. The first kappa shape index (κ1) is 17.0. The third kappa shape index (κ3) is 6.45. The normalized spacial score (nSPS) is 22.2. The van der Waals surface area contributed by atoms with E-state index in [1.807, 2.05) is 4.90 Å². The lowest BCUT2D eigenvalue weighted by molar-refractivity contribution is -0.187. The van der Waals surface area contributed by atoms with Gasteiger partial charge >= 0.3 is 6.18 Å². The van der Waals surface area contributed by atoms with E-state index in [1.54, 1.807) is 0 Å². The van der Waals surface area contributed by atoms with Gasteiger partial charge in [0, 0.05) is 19.6 Å². The van der Waals surface area contributed by atoms with Crippen LogP contribution >= 0.6 is 12.4 Å². The van der Waals surface area contributed by atoms with Gasteiger partial charge in [-0.3, -0.25) is 0 Å². The Morgan fingerprint density at radius 2 is 2.00 bits per heavy atom. The summed E-state index contributed by atoms with van der Waals surface area (Å²) in [5.41, 5.74) is 5.24. The average molecular weight is 277 g/mol. The summed E-state index contributed by atoms with van der Waals surface area (Å²) >= 11 is 0. The fraction of sp³-hybridized carbons (Fsp3) is 1.00. The minimum Gasteiger partial charge on any atom is -0.379 e. The molecule has 0 saturated carbocycles. The summed E-state index contributed by atoms with van der Waals surface area (Å²) in [5.74, 6) is -1.17. The smallest absolute Gasteiger partial charge is 0.379 e.